The van der Waals surface area contributed by atoms with Crippen LogP contribution in [0.3, 0.4) is 0 Å². The number of nitrogens with one attached hydrogen (secondary N) is 1. The third-order valence-electron chi connectivity index (χ3n) is 5.47. The monoisotopic (exact) mass is 538 g/mol. The first-order chi connectivity index (χ1) is 16.8. The summed E-state index contributed by atoms with van der Waals surface area (Å²) in [6.45, 7) is 6.23. The molecule has 0 aliphatic rings. The highest BCUT2D eigenvalue weighted by Gasteiger charge is 2.33. The first-order valence-electron chi connectivity index (χ1n) is 11.3. The van der Waals surface area contributed by atoms with Crippen LogP contribution in [0.25, 0.3) is 0 Å². The van der Waals surface area contributed by atoms with E-state index in [0.717, 1.165) is 16.6 Å². The minimum Gasteiger partial charge on any atom is -0.352 e. The molecule has 1 N–H and O–H groups in total. The molecule has 0 bridgehead atoms. The van der Waals surface area contributed by atoms with E-state index in [0.29, 0.717) is 16.1 Å². The molecule has 2 aromatic rings. The van der Waals surface area contributed by atoms with Gasteiger partial charge in [0.1, 0.15) is 12.6 Å². The van der Waals surface area contributed by atoms with Crippen LogP contribution in [0.5, 0.6) is 0 Å². The van der Waals surface area contributed by atoms with E-state index in [2.05, 4.69) is 5.32 Å². The second-order valence-corrected chi connectivity index (χ2v) is 11.0. The highest BCUT2D eigenvalue weighted by molar-refractivity contribution is 7.92. The number of anilines is 1. The van der Waals surface area contributed by atoms with E-state index in [1.54, 1.807) is 52.0 Å². The third kappa shape index (κ3) is 7.41. The molecule has 12 heteroatoms. The van der Waals surface area contributed by atoms with Crippen molar-refractivity contribution in [3.8, 4) is 0 Å². The SMILES string of the molecule is CCC(C(=O)NC(C)C)N(Cc1ccccc1Cl)C(=O)CN(c1cc([N+](=O)[O-])ccc1C)S(C)(=O)=O. The zero-order valence-corrected chi connectivity index (χ0v) is 22.5. The lowest BCUT2D eigenvalue weighted by Gasteiger charge is -2.33. The number of nitro benzene ring substituents is 1. The number of sulfonamides is 1. The molecule has 0 spiro atoms. The van der Waals surface area contributed by atoms with Gasteiger partial charge in [0, 0.05) is 29.7 Å². The van der Waals surface area contributed by atoms with Crippen molar-refractivity contribution in [3.63, 3.8) is 0 Å². The number of rotatable bonds is 11. The van der Waals surface area contributed by atoms with Gasteiger partial charge in [0.25, 0.3) is 5.69 Å². The van der Waals surface area contributed by atoms with Crippen LogP contribution in [0.4, 0.5) is 11.4 Å². The lowest BCUT2D eigenvalue weighted by Crippen LogP contribution is -2.53. The standard InChI is InChI=1S/C24H31ClN4O6S/c1-6-21(24(31)26-16(2)3)27(14-18-9-7-8-10-20(18)25)23(30)15-28(36(5,34)35)22-13-19(29(32)33)12-11-17(22)4/h7-13,16,21H,6,14-15H2,1-5H3,(H,26,31). The Hall–Kier alpha value is -3.18. The Morgan fingerprint density at radius 1 is 1.17 bits per heavy atom. The van der Waals surface area contributed by atoms with Crippen molar-refractivity contribution in [2.75, 3.05) is 17.1 Å². The fraction of sp³-hybridized carbons (Fsp3) is 0.417. The zero-order chi connectivity index (χ0) is 27.2. The van der Waals surface area contributed by atoms with Crippen LogP contribution >= 0.6 is 11.6 Å². The van der Waals surface area contributed by atoms with Crippen molar-refractivity contribution in [1.82, 2.24) is 10.2 Å². The second kappa shape index (κ2) is 12.2. The Morgan fingerprint density at radius 2 is 1.81 bits per heavy atom. The highest BCUT2D eigenvalue weighted by Crippen LogP contribution is 2.28. The second-order valence-electron chi connectivity index (χ2n) is 8.70. The van der Waals surface area contributed by atoms with Crippen LogP contribution in [0.15, 0.2) is 42.5 Å². The van der Waals surface area contributed by atoms with Crippen LogP contribution in [0.1, 0.15) is 38.3 Å². The number of halogens is 1. The molecule has 2 amide bonds. The summed E-state index contributed by atoms with van der Waals surface area (Å²) in [6, 6.07) is 9.57. The topological polar surface area (TPSA) is 130 Å². The summed E-state index contributed by atoms with van der Waals surface area (Å²) < 4.78 is 26.3. The summed E-state index contributed by atoms with van der Waals surface area (Å²) in [5.74, 6) is -1.04. The van der Waals surface area contributed by atoms with Crippen molar-refractivity contribution >= 4 is 44.8 Å². The molecule has 1 unspecified atom stereocenters. The van der Waals surface area contributed by atoms with Crippen molar-refractivity contribution < 1.29 is 22.9 Å². The van der Waals surface area contributed by atoms with Crippen molar-refractivity contribution in [2.45, 2.75) is 52.7 Å². The van der Waals surface area contributed by atoms with Crippen LogP contribution in [-0.4, -0.2) is 54.9 Å². The highest BCUT2D eigenvalue weighted by atomic mass is 35.5. The summed E-state index contributed by atoms with van der Waals surface area (Å²) in [7, 11) is -4.03. The Balaban J connectivity index is 2.55. The summed E-state index contributed by atoms with van der Waals surface area (Å²) in [5.41, 5.74) is 0.714. The zero-order valence-electron chi connectivity index (χ0n) is 20.9. The molecule has 0 fully saturated rings. The molecular formula is C24H31ClN4O6S. The summed E-state index contributed by atoms with van der Waals surface area (Å²) in [4.78, 5) is 38.6. The summed E-state index contributed by atoms with van der Waals surface area (Å²) >= 11 is 6.32. The Morgan fingerprint density at radius 3 is 2.33 bits per heavy atom. The molecule has 36 heavy (non-hydrogen) atoms. The molecule has 0 saturated carbocycles. The number of hydrogen-bond donors (Lipinski definition) is 1. The van der Waals surface area contributed by atoms with E-state index in [1.807, 2.05) is 0 Å². The van der Waals surface area contributed by atoms with Crippen molar-refractivity contribution in [1.29, 1.82) is 0 Å². The first-order valence-corrected chi connectivity index (χ1v) is 13.5. The van der Waals surface area contributed by atoms with Crippen molar-refractivity contribution in [2.24, 2.45) is 0 Å². The number of nitro groups is 1. The number of nitrogens with zero attached hydrogens (tertiary/aromatic N) is 3. The molecule has 10 nitrogen and oxygen atoms in total. The molecular weight excluding hydrogens is 508 g/mol. The maximum Gasteiger partial charge on any atom is 0.271 e. The number of hydrogen-bond acceptors (Lipinski definition) is 6. The van der Waals surface area contributed by atoms with Gasteiger partial charge in [0.2, 0.25) is 21.8 Å². The fourth-order valence-electron chi connectivity index (χ4n) is 3.69. The smallest absolute Gasteiger partial charge is 0.271 e. The normalized spacial score (nSPS) is 12.2. The van der Waals surface area contributed by atoms with Crippen LogP contribution < -0.4 is 9.62 Å². The fourth-order valence-corrected chi connectivity index (χ4v) is 4.78. The largest absolute Gasteiger partial charge is 0.352 e. The predicted molar refractivity (Wildman–Crippen MR) is 139 cm³/mol. The lowest BCUT2D eigenvalue weighted by atomic mass is 10.1. The molecule has 0 aromatic heterocycles. The van der Waals surface area contributed by atoms with E-state index in [-0.39, 0.29) is 36.3 Å². The van der Waals surface area contributed by atoms with Gasteiger partial charge in [-0.15, -0.1) is 0 Å². The molecule has 196 valence electrons. The quantitative estimate of drug-likeness (QED) is 0.343. The van der Waals surface area contributed by atoms with E-state index in [1.165, 1.54) is 17.0 Å². The molecule has 2 rings (SSSR count). The molecule has 0 aliphatic carbocycles. The molecule has 0 saturated heterocycles. The predicted octanol–water partition coefficient (Wildman–Crippen LogP) is 3.65. The van der Waals surface area contributed by atoms with E-state index in [4.69, 9.17) is 11.6 Å². The van der Waals surface area contributed by atoms with Crippen molar-refractivity contribution in [3.05, 3.63) is 68.7 Å². The average molecular weight is 539 g/mol. The van der Waals surface area contributed by atoms with Gasteiger partial charge in [-0.25, -0.2) is 8.42 Å². The van der Waals surface area contributed by atoms with Crippen LogP contribution in [-0.2, 0) is 26.2 Å². The summed E-state index contributed by atoms with van der Waals surface area (Å²) in [6.07, 6.45) is 1.18. The number of carbonyl (C=O) groups excluding carboxylic acids is 2. The van der Waals surface area contributed by atoms with Gasteiger partial charge < -0.3 is 10.2 Å². The number of carbonyl (C=O) groups is 2. The minimum absolute atomic E-state index is 0.0115. The van der Waals surface area contributed by atoms with Gasteiger partial charge in [-0.05, 0) is 44.4 Å². The molecule has 2 aromatic carbocycles. The number of aryl methyl sites for hydroxylation is 1. The molecule has 0 aliphatic heterocycles. The third-order valence-corrected chi connectivity index (χ3v) is 6.96. The number of amides is 2. The van der Waals surface area contributed by atoms with Gasteiger partial charge in [-0.3, -0.25) is 24.0 Å². The molecule has 1 atom stereocenters. The minimum atomic E-state index is -4.03. The number of non-ortho nitro benzene ring substituents is 1. The van der Waals surface area contributed by atoms with Gasteiger partial charge in [0.15, 0.2) is 0 Å². The average Bonchev–Trinajstić information content (AvgIpc) is 2.77. The lowest BCUT2D eigenvalue weighted by molar-refractivity contribution is -0.384. The first kappa shape index (κ1) is 29.1. The van der Waals surface area contributed by atoms with Crippen LogP contribution in [0, 0.1) is 17.0 Å². The van der Waals surface area contributed by atoms with Gasteiger partial charge >= 0.3 is 0 Å². The maximum atomic E-state index is 13.7. The molecule has 0 heterocycles. The van der Waals surface area contributed by atoms with Gasteiger partial charge in [-0.1, -0.05) is 42.8 Å². The Kier molecular flexibility index (Phi) is 9.83. The van der Waals surface area contributed by atoms with Crippen LogP contribution in [0.2, 0.25) is 5.02 Å². The van der Waals surface area contributed by atoms with E-state index in [9.17, 15) is 28.1 Å². The summed E-state index contributed by atoms with van der Waals surface area (Å²) in [5, 5.41) is 14.5. The maximum absolute atomic E-state index is 13.7. The van der Waals surface area contributed by atoms with Gasteiger partial charge in [-0.2, -0.15) is 0 Å². The number of benzene rings is 2. The Labute approximate surface area is 216 Å². The van der Waals surface area contributed by atoms with E-state index >= 15 is 0 Å². The Bertz CT molecular complexity index is 1230. The van der Waals surface area contributed by atoms with Gasteiger partial charge in [0.05, 0.1) is 16.9 Å². The van der Waals surface area contributed by atoms with E-state index < -0.39 is 33.4 Å². The molecule has 0 radical (unpaired) electrons.